The SMILES string of the molecule is CCC(C)(C)c1ccc2cc(OC(=O)C(C)C(F)(F)F)ccc2c1. The minimum Gasteiger partial charge on any atom is -0.426 e. The van der Waals surface area contributed by atoms with Crippen molar-refractivity contribution in [2.75, 3.05) is 0 Å². The lowest BCUT2D eigenvalue weighted by Gasteiger charge is -2.23. The van der Waals surface area contributed by atoms with E-state index < -0.39 is 18.1 Å². The molecule has 0 fully saturated rings. The van der Waals surface area contributed by atoms with Gasteiger partial charge in [0, 0.05) is 0 Å². The number of halogens is 3. The molecule has 2 rings (SSSR count). The van der Waals surface area contributed by atoms with E-state index in [1.807, 2.05) is 12.1 Å². The van der Waals surface area contributed by atoms with Crippen LogP contribution in [0.4, 0.5) is 13.2 Å². The van der Waals surface area contributed by atoms with Crippen LogP contribution in [-0.2, 0) is 10.2 Å². The topological polar surface area (TPSA) is 26.3 Å². The predicted octanol–water partition coefficient (Wildman–Crippen LogP) is 5.63. The summed E-state index contributed by atoms with van der Waals surface area (Å²) in [7, 11) is 0. The quantitative estimate of drug-likeness (QED) is 0.533. The Morgan fingerprint density at radius 2 is 1.67 bits per heavy atom. The third-order valence-electron chi connectivity index (χ3n) is 4.54. The fraction of sp³-hybridized carbons (Fsp3) is 0.421. The van der Waals surface area contributed by atoms with Crippen LogP contribution in [0.3, 0.4) is 0 Å². The Labute approximate surface area is 139 Å². The molecule has 0 N–H and O–H groups in total. The molecule has 1 unspecified atom stereocenters. The van der Waals surface area contributed by atoms with E-state index >= 15 is 0 Å². The summed E-state index contributed by atoms with van der Waals surface area (Å²) >= 11 is 0. The molecule has 0 aliphatic carbocycles. The third kappa shape index (κ3) is 3.89. The summed E-state index contributed by atoms with van der Waals surface area (Å²) < 4.78 is 42.5. The van der Waals surface area contributed by atoms with Gasteiger partial charge >= 0.3 is 12.1 Å². The van der Waals surface area contributed by atoms with E-state index in [9.17, 15) is 18.0 Å². The van der Waals surface area contributed by atoms with E-state index in [0.29, 0.717) is 0 Å². The van der Waals surface area contributed by atoms with Gasteiger partial charge in [0.25, 0.3) is 0 Å². The first-order valence-electron chi connectivity index (χ1n) is 7.87. The van der Waals surface area contributed by atoms with Crippen LogP contribution >= 0.6 is 0 Å². The molecule has 0 aliphatic rings. The van der Waals surface area contributed by atoms with Crippen molar-refractivity contribution in [2.45, 2.75) is 45.7 Å². The summed E-state index contributed by atoms with van der Waals surface area (Å²) in [5.74, 6) is -3.34. The molecule has 2 aromatic rings. The molecule has 0 amide bonds. The molecule has 0 saturated heterocycles. The van der Waals surface area contributed by atoms with Crippen molar-refractivity contribution < 1.29 is 22.7 Å². The van der Waals surface area contributed by atoms with Crippen LogP contribution in [0, 0.1) is 5.92 Å². The van der Waals surface area contributed by atoms with E-state index in [2.05, 4.69) is 26.8 Å². The summed E-state index contributed by atoms with van der Waals surface area (Å²) in [6.45, 7) is 7.22. The van der Waals surface area contributed by atoms with Crippen LogP contribution in [0.1, 0.15) is 39.7 Å². The maximum atomic E-state index is 12.5. The Kier molecular flexibility index (Phi) is 4.92. The van der Waals surface area contributed by atoms with Crippen LogP contribution in [0.2, 0.25) is 0 Å². The number of benzene rings is 2. The van der Waals surface area contributed by atoms with Crippen molar-refractivity contribution in [3.8, 4) is 5.75 Å². The van der Waals surface area contributed by atoms with Gasteiger partial charge < -0.3 is 4.74 Å². The van der Waals surface area contributed by atoms with Gasteiger partial charge in [-0.2, -0.15) is 13.2 Å². The number of alkyl halides is 3. The highest BCUT2D eigenvalue weighted by molar-refractivity contribution is 5.86. The van der Waals surface area contributed by atoms with E-state index in [0.717, 1.165) is 24.1 Å². The molecular formula is C19H21F3O2. The van der Waals surface area contributed by atoms with E-state index in [4.69, 9.17) is 4.74 Å². The number of carbonyl (C=O) groups is 1. The Bertz CT molecular complexity index is 748. The van der Waals surface area contributed by atoms with Crippen molar-refractivity contribution in [3.05, 3.63) is 42.0 Å². The highest BCUT2D eigenvalue weighted by atomic mass is 19.4. The maximum absolute atomic E-state index is 12.5. The zero-order valence-corrected chi connectivity index (χ0v) is 14.2. The average molecular weight is 338 g/mol. The first-order valence-corrected chi connectivity index (χ1v) is 7.87. The number of hydrogen-bond acceptors (Lipinski definition) is 2. The maximum Gasteiger partial charge on any atom is 0.401 e. The highest BCUT2D eigenvalue weighted by Gasteiger charge is 2.42. The molecule has 0 bridgehead atoms. The monoisotopic (exact) mass is 338 g/mol. The second kappa shape index (κ2) is 6.46. The molecule has 2 aromatic carbocycles. The minimum atomic E-state index is -4.60. The number of fused-ring (bicyclic) bond motifs is 1. The molecule has 5 heteroatoms. The Morgan fingerprint density at radius 1 is 1.08 bits per heavy atom. The van der Waals surface area contributed by atoms with Gasteiger partial charge in [-0.05, 0) is 47.2 Å². The number of esters is 1. The van der Waals surface area contributed by atoms with Crippen LogP contribution in [0.25, 0.3) is 10.8 Å². The Morgan fingerprint density at radius 3 is 2.25 bits per heavy atom. The minimum absolute atomic E-state index is 0.0431. The average Bonchev–Trinajstić information content (AvgIpc) is 2.52. The summed E-state index contributed by atoms with van der Waals surface area (Å²) in [4.78, 5) is 11.6. The normalized spacial score (nSPS) is 13.8. The van der Waals surface area contributed by atoms with Crippen LogP contribution < -0.4 is 4.74 Å². The van der Waals surface area contributed by atoms with Crippen molar-refractivity contribution >= 4 is 16.7 Å². The molecule has 0 heterocycles. The number of rotatable bonds is 4. The summed E-state index contributed by atoms with van der Waals surface area (Å²) in [5.41, 5.74) is 1.23. The molecule has 0 spiro atoms. The van der Waals surface area contributed by atoms with Crippen molar-refractivity contribution in [3.63, 3.8) is 0 Å². The van der Waals surface area contributed by atoms with E-state index in [1.165, 1.54) is 11.6 Å². The lowest BCUT2D eigenvalue weighted by molar-refractivity contribution is -0.187. The summed E-state index contributed by atoms with van der Waals surface area (Å²) in [5, 5.41) is 1.77. The molecule has 0 saturated carbocycles. The van der Waals surface area contributed by atoms with Crippen LogP contribution in [-0.4, -0.2) is 12.1 Å². The van der Waals surface area contributed by atoms with E-state index in [1.54, 1.807) is 12.1 Å². The number of hydrogen-bond donors (Lipinski definition) is 0. The summed E-state index contributed by atoms with van der Waals surface area (Å²) in [6.07, 6.45) is -3.61. The molecule has 130 valence electrons. The molecular weight excluding hydrogens is 317 g/mol. The predicted molar refractivity (Wildman–Crippen MR) is 88.1 cm³/mol. The van der Waals surface area contributed by atoms with Gasteiger partial charge in [-0.1, -0.05) is 45.0 Å². The van der Waals surface area contributed by atoms with Crippen molar-refractivity contribution in [1.29, 1.82) is 0 Å². The number of ether oxygens (including phenoxy) is 1. The summed E-state index contributed by atoms with van der Waals surface area (Å²) in [6, 6.07) is 10.8. The standard InChI is InChI=1S/C19H21F3O2/c1-5-18(3,4)15-8-6-14-11-16(9-7-13(14)10-15)24-17(23)12(2)19(20,21)22/h6-12H,5H2,1-4H3. The van der Waals surface area contributed by atoms with Crippen molar-refractivity contribution in [2.24, 2.45) is 5.92 Å². The van der Waals surface area contributed by atoms with Crippen LogP contribution in [0.15, 0.2) is 36.4 Å². The molecule has 0 aromatic heterocycles. The fourth-order valence-electron chi connectivity index (χ4n) is 2.25. The molecule has 2 nitrogen and oxygen atoms in total. The van der Waals surface area contributed by atoms with Gasteiger partial charge in [0.1, 0.15) is 11.7 Å². The first kappa shape index (κ1) is 18.3. The second-order valence-corrected chi connectivity index (χ2v) is 6.65. The van der Waals surface area contributed by atoms with Crippen molar-refractivity contribution in [1.82, 2.24) is 0 Å². The van der Waals surface area contributed by atoms with Gasteiger partial charge in [0.05, 0.1) is 0 Å². The molecule has 24 heavy (non-hydrogen) atoms. The first-order chi connectivity index (χ1) is 11.0. The zero-order chi connectivity index (χ0) is 18.1. The fourth-order valence-corrected chi connectivity index (χ4v) is 2.25. The lowest BCUT2D eigenvalue weighted by atomic mass is 9.81. The molecule has 0 aliphatic heterocycles. The Balaban J connectivity index is 2.27. The number of carbonyl (C=O) groups excluding carboxylic acids is 1. The third-order valence-corrected chi connectivity index (χ3v) is 4.54. The van der Waals surface area contributed by atoms with Gasteiger partial charge in [-0.15, -0.1) is 0 Å². The Hall–Kier alpha value is -2.04. The van der Waals surface area contributed by atoms with Crippen LogP contribution in [0.5, 0.6) is 5.75 Å². The van der Waals surface area contributed by atoms with E-state index in [-0.39, 0.29) is 11.2 Å². The highest BCUT2D eigenvalue weighted by Crippen LogP contribution is 2.31. The van der Waals surface area contributed by atoms with Gasteiger partial charge in [0.2, 0.25) is 0 Å². The largest absolute Gasteiger partial charge is 0.426 e. The second-order valence-electron chi connectivity index (χ2n) is 6.65. The molecule has 1 atom stereocenters. The lowest BCUT2D eigenvalue weighted by Crippen LogP contribution is -2.31. The smallest absolute Gasteiger partial charge is 0.401 e. The molecule has 0 radical (unpaired) electrons. The van der Waals surface area contributed by atoms with Gasteiger partial charge in [-0.25, -0.2) is 0 Å². The van der Waals surface area contributed by atoms with Gasteiger partial charge in [0.15, 0.2) is 0 Å². The zero-order valence-electron chi connectivity index (χ0n) is 14.2. The van der Waals surface area contributed by atoms with Gasteiger partial charge in [-0.3, -0.25) is 4.79 Å².